The third-order valence-electron chi connectivity index (χ3n) is 4.34. The van der Waals surface area contributed by atoms with Gasteiger partial charge in [0, 0.05) is 34.7 Å². The molecule has 2 saturated carbocycles. The molecular formula is C14H30FeSi2. The summed E-state index contributed by atoms with van der Waals surface area (Å²) in [5.41, 5.74) is 2.33. The maximum absolute atomic E-state index is 2.45. The average molecular weight is 310 g/mol. The smallest absolute Gasteiger partial charge is 0.0446 e. The van der Waals surface area contributed by atoms with Crippen LogP contribution < -0.4 is 0 Å². The van der Waals surface area contributed by atoms with Gasteiger partial charge in [-0.05, 0) is 11.1 Å². The van der Waals surface area contributed by atoms with Gasteiger partial charge in [0.05, 0.1) is 0 Å². The maximum atomic E-state index is 2.45. The first kappa shape index (κ1) is 18.0. The van der Waals surface area contributed by atoms with Crippen molar-refractivity contribution in [1.29, 1.82) is 0 Å². The second-order valence-corrected chi connectivity index (χ2v) is 12.1. The Hall–Kier alpha value is 0.953. The van der Waals surface area contributed by atoms with Crippen molar-refractivity contribution in [2.75, 3.05) is 0 Å². The quantitative estimate of drug-likeness (QED) is 0.602. The van der Waals surface area contributed by atoms with E-state index in [-0.39, 0.29) is 34.7 Å². The van der Waals surface area contributed by atoms with E-state index in [2.05, 4.69) is 26.2 Å². The van der Waals surface area contributed by atoms with Gasteiger partial charge in [0.15, 0.2) is 0 Å². The molecule has 0 nitrogen and oxygen atoms in total. The van der Waals surface area contributed by atoms with Gasteiger partial charge in [0.2, 0.25) is 0 Å². The third kappa shape index (κ3) is 7.20. The van der Waals surface area contributed by atoms with E-state index in [1.54, 1.807) is 25.7 Å². The van der Waals surface area contributed by atoms with Crippen LogP contribution in [0.5, 0.6) is 0 Å². The molecule has 3 heteroatoms. The van der Waals surface area contributed by atoms with Crippen LogP contribution >= 0.6 is 0 Å². The zero-order chi connectivity index (χ0) is 12.0. The molecule has 0 saturated heterocycles. The average Bonchev–Trinajstić information content (AvgIpc) is 2.93. The van der Waals surface area contributed by atoms with Crippen LogP contribution in [-0.2, 0) is 17.1 Å². The van der Waals surface area contributed by atoms with Gasteiger partial charge in [-0.3, -0.25) is 0 Å². The molecule has 0 heterocycles. The minimum Gasteiger partial charge on any atom is -0.0711 e. The molecule has 0 N–H and O–H groups in total. The minimum atomic E-state index is 0. The Bertz CT molecular complexity index is 151. The summed E-state index contributed by atoms with van der Waals surface area (Å²) in [6, 6.07) is 0. The Kier molecular flexibility index (Phi) is 10.4. The van der Waals surface area contributed by atoms with Crippen molar-refractivity contribution in [1.82, 2.24) is 0 Å². The van der Waals surface area contributed by atoms with E-state index in [4.69, 9.17) is 0 Å². The molecule has 0 bridgehead atoms. The SMILES string of the molecule is C[Si](C)C1CCCC1.C[Si](C)C1CCCC1.[Fe]. The number of rotatable bonds is 2. The summed E-state index contributed by atoms with van der Waals surface area (Å²) >= 11 is 0. The van der Waals surface area contributed by atoms with Crippen LogP contribution in [0, 0.1) is 0 Å². The minimum absolute atomic E-state index is 0. The van der Waals surface area contributed by atoms with E-state index in [1.807, 2.05) is 0 Å². The molecule has 0 atom stereocenters. The predicted octanol–water partition coefficient (Wildman–Crippen LogP) is 5.37. The van der Waals surface area contributed by atoms with Gasteiger partial charge in [-0.2, -0.15) is 0 Å². The van der Waals surface area contributed by atoms with Crippen LogP contribution in [0.2, 0.25) is 37.3 Å². The third-order valence-corrected chi connectivity index (χ3v) is 8.76. The van der Waals surface area contributed by atoms with Crippen LogP contribution in [-0.4, -0.2) is 17.6 Å². The Morgan fingerprint density at radius 2 is 0.824 bits per heavy atom. The maximum Gasteiger partial charge on any atom is 0.0446 e. The van der Waals surface area contributed by atoms with Crippen LogP contribution in [0.1, 0.15) is 51.4 Å². The molecular weight excluding hydrogens is 280 g/mol. The summed E-state index contributed by atoms with van der Waals surface area (Å²) in [7, 11) is 0.175. The topological polar surface area (TPSA) is 0 Å². The molecule has 2 aliphatic rings. The first-order chi connectivity index (χ1) is 7.61. The van der Waals surface area contributed by atoms with E-state index in [0.29, 0.717) is 0 Å². The summed E-state index contributed by atoms with van der Waals surface area (Å²) in [6.07, 6.45) is 12.2. The Labute approximate surface area is 123 Å². The molecule has 102 valence electrons. The van der Waals surface area contributed by atoms with Gasteiger partial charge in [0.25, 0.3) is 0 Å². The van der Waals surface area contributed by atoms with Crippen molar-refractivity contribution in [2.24, 2.45) is 0 Å². The van der Waals surface area contributed by atoms with Crippen molar-refractivity contribution in [3.05, 3.63) is 0 Å². The molecule has 2 fully saturated rings. The Balaban J connectivity index is 0.000000284. The van der Waals surface area contributed by atoms with Gasteiger partial charge < -0.3 is 0 Å². The molecule has 2 rings (SSSR count). The summed E-state index contributed by atoms with van der Waals surface area (Å²) in [6.45, 7) is 9.78. The van der Waals surface area contributed by atoms with Gasteiger partial charge in [0.1, 0.15) is 0 Å². The molecule has 0 aromatic heterocycles. The van der Waals surface area contributed by atoms with Crippen molar-refractivity contribution < 1.29 is 17.1 Å². The Morgan fingerprint density at radius 1 is 0.588 bits per heavy atom. The number of hydrogen-bond acceptors (Lipinski definition) is 0. The molecule has 0 unspecified atom stereocenters. The van der Waals surface area contributed by atoms with Crippen molar-refractivity contribution in [2.45, 2.75) is 88.6 Å². The van der Waals surface area contributed by atoms with Crippen molar-refractivity contribution in [3.63, 3.8) is 0 Å². The second kappa shape index (κ2) is 9.83. The van der Waals surface area contributed by atoms with Crippen LogP contribution in [0.4, 0.5) is 0 Å². The molecule has 17 heavy (non-hydrogen) atoms. The van der Waals surface area contributed by atoms with Crippen molar-refractivity contribution in [3.8, 4) is 0 Å². The molecule has 0 aromatic carbocycles. The van der Waals surface area contributed by atoms with Crippen LogP contribution in [0.3, 0.4) is 0 Å². The molecule has 0 spiro atoms. The largest absolute Gasteiger partial charge is 0.0711 e. The van der Waals surface area contributed by atoms with E-state index in [1.165, 1.54) is 36.8 Å². The molecule has 0 amide bonds. The standard InChI is InChI=1S/2C7H15Si.Fe/c2*1-8(2)7-5-3-4-6-7;/h2*7H,3-6H2,1-2H3;. The molecule has 0 aromatic rings. The summed E-state index contributed by atoms with van der Waals surface area (Å²) in [5, 5.41) is 0. The zero-order valence-electron chi connectivity index (χ0n) is 12.2. The normalized spacial score (nSPS) is 21.5. The van der Waals surface area contributed by atoms with Gasteiger partial charge in [-0.15, -0.1) is 0 Å². The van der Waals surface area contributed by atoms with Crippen LogP contribution in [0.25, 0.3) is 0 Å². The number of hydrogen-bond donors (Lipinski definition) is 0. The van der Waals surface area contributed by atoms with E-state index in [0.717, 1.165) is 0 Å². The van der Waals surface area contributed by atoms with Gasteiger partial charge in [-0.1, -0.05) is 77.6 Å². The molecule has 0 aliphatic heterocycles. The molecule has 2 radical (unpaired) electrons. The predicted molar refractivity (Wildman–Crippen MR) is 79.4 cm³/mol. The summed E-state index contributed by atoms with van der Waals surface area (Å²) in [4.78, 5) is 0. The monoisotopic (exact) mass is 310 g/mol. The zero-order valence-corrected chi connectivity index (χ0v) is 15.3. The second-order valence-electron chi connectivity index (χ2n) is 6.12. The van der Waals surface area contributed by atoms with E-state index >= 15 is 0 Å². The Morgan fingerprint density at radius 3 is 0.941 bits per heavy atom. The van der Waals surface area contributed by atoms with Crippen molar-refractivity contribution >= 4 is 17.6 Å². The van der Waals surface area contributed by atoms with Crippen LogP contribution in [0.15, 0.2) is 0 Å². The fourth-order valence-electron chi connectivity index (χ4n) is 3.01. The van der Waals surface area contributed by atoms with E-state index in [9.17, 15) is 0 Å². The van der Waals surface area contributed by atoms with E-state index < -0.39 is 0 Å². The summed E-state index contributed by atoms with van der Waals surface area (Å²) in [5.74, 6) is 0. The molecule has 2 aliphatic carbocycles. The fourth-order valence-corrected chi connectivity index (χ4v) is 6.13. The fraction of sp³-hybridized carbons (Fsp3) is 1.00. The van der Waals surface area contributed by atoms with Gasteiger partial charge in [-0.25, -0.2) is 0 Å². The first-order valence-corrected chi connectivity index (χ1v) is 12.4. The summed E-state index contributed by atoms with van der Waals surface area (Å²) < 4.78 is 0. The van der Waals surface area contributed by atoms with Gasteiger partial charge >= 0.3 is 0 Å². The first-order valence-electron chi connectivity index (χ1n) is 7.21.